The summed E-state index contributed by atoms with van der Waals surface area (Å²) in [5, 5.41) is 9.89. The zero-order chi connectivity index (χ0) is 83.3. The molecule has 20 heteroatoms. The van der Waals surface area contributed by atoms with Crippen molar-refractivity contribution in [2.24, 2.45) is 22.5 Å². The van der Waals surface area contributed by atoms with E-state index in [9.17, 15) is 41.9 Å². The maximum atomic E-state index is 12.5. The predicted molar refractivity (Wildman–Crippen MR) is 483 cm³/mol. The van der Waals surface area contributed by atoms with E-state index >= 15 is 0 Å². The summed E-state index contributed by atoms with van der Waals surface area (Å²) in [6, 6.07) is 73.9. The number of ketones is 4. The van der Waals surface area contributed by atoms with E-state index in [-0.39, 0.29) is 55.5 Å². The Morgan fingerprint density at radius 2 is 0.809 bits per heavy atom. The van der Waals surface area contributed by atoms with Crippen LogP contribution in [0.4, 0.5) is 4.39 Å². The predicted octanol–water partition coefficient (Wildman–Crippen LogP) is 27.7. The van der Waals surface area contributed by atoms with Crippen LogP contribution in [0.15, 0.2) is 299 Å². The highest BCUT2D eigenvalue weighted by Gasteiger charge is 2.33. The largest absolute Gasteiger partial charge is 0.386 e. The maximum Gasteiger partial charge on any atom is 0.217 e. The van der Waals surface area contributed by atoms with Crippen LogP contribution in [-0.2, 0) is 25.6 Å². The molecule has 0 heterocycles. The van der Waals surface area contributed by atoms with Gasteiger partial charge in [0, 0.05) is 75.5 Å². The monoisotopic (exact) mass is 1900 g/mol. The topological polar surface area (TPSA) is 166 Å². The van der Waals surface area contributed by atoms with Gasteiger partial charge in [0.15, 0.2) is 23.1 Å². The van der Waals surface area contributed by atoms with E-state index in [0.29, 0.717) is 21.9 Å². The number of aliphatic hydroxyl groups is 1. The SMILES string of the molecule is CC(=O)c1ccc(Br)cc1.CC(=O)c1ccc(Br)cc1.CC(=O)c1ccc(Sc2ccccc2Br)cc1.CC(=O)c1ccc(Sc2ccccc2C)cc1.CC(C)(C)C1CC1.CC(C)(C)CC(N)=O.CC(C)(C)c1ccc(F)cc1.CC(C)(O)c1ccc(S(=O)(=O)c2ccccc2Br)cc1.CS.Sc1ccccc1Br. The van der Waals surface area contributed by atoms with Gasteiger partial charge in [-0.2, -0.15) is 12.6 Å². The Bertz CT molecular complexity index is 4420. The van der Waals surface area contributed by atoms with Crippen LogP contribution in [0.1, 0.15) is 181 Å². The second kappa shape index (κ2) is 49.6. The highest BCUT2D eigenvalue weighted by atomic mass is 79.9. The van der Waals surface area contributed by atoms with E-state index in [0.717, 1.165) is 60.7 Å². The number of sulfone groups is 1. The molecule has 1 fully saturated rings. The quantitative estimate of drug-likeness (QED) is 0.0683. The number of hydrogen-bond donors (Lipinski definition) is 4. The third kappa shape index (κ3) is 40.6. The van der Waals surface area contributed by atoms with Crippen LogP contribution in [0.25, 0.3) is 0 Å². The Morgan fingerprint density at radius 1 is 0.464 bits per heavy atom. The summed E-state index contributed by atoms with van der Waals surface area (Å²) in [7, 11) is -3.56. The van der Waals surface area contributed by atoms with Crippen LogP contribution in [0, 0.1) is 29.5 Å². The van der Waals surface area contributed by atoms with Gasteiger partial charge in [-0.3, -0.25) is 24.0 Å². The first-order valence-electron chi connectivity index (χ1n) is 34.9. The van der Waals surface area contributed by atoms with Crippen molar-refractivity contribution < 1.29 is 41.9 Å². The lowest BCUT2D eigenvalue weighted by Gasteiger charge is -2.18. The van der Waals surface area contributed by atoms with Gasteiger partial charge in [0.25, 0.3) is 0 Å². The van der Waals surface area contributed by atoms with Gasteiger partial charge in [-0.05, 0) is 269 Å². The minimum absolute atomic E-state index is 0.0475. The molecule has 1 saturated carbocycles. The standard InChI is InChI=1S/C15H15BrO3S.C15H14OS.C14H11BrOS.C10H13F.2C8H7BrO.C7H14.C6H5BrS.C6H13NO.CH4S/c1-15(2,17)11-7-9-12(10-8-11)20(18,19)14-6-4-3-5-13(14)16;1-11-5-3-4-6-15(11)17-14-9-7-13(8-10-14)12(2)16;1-10(16)11-6-8-12(9-7-11)17-14-5-3-2-4-13(14)15;1-10(2,3)8-4-6-9(11)7-5-8;2*1-6(10)7-2-4-8(9)5-3-7;1-7(2,3)6-4-5-6;7-5-3-1-2-4-6(5)8;1-6(2,3)4-5(7)8;1-2/h3-10,17H,1-2H3;3-10H,1-2H3;2-9H,1H3;4-7H,1-3H3;2*2-5H,1H3;6H,4-5H2,1-3H3;1-4,8H;4H2,1-3H3,(H2,7,8);2H,1H3. The number of thiol groups is 2. The summed E-state index contributed by atoms with van der Waals surface area (Å²) in [5.74, 6) is 1.07. The molecule has 10 aromatic rings. The van der Waals surface area contributed by atoms with Crippen molar-refractivity contribution in [3.63, 3.8) is 0 Å². The maximum absolute atomic E-state index is 12.5. The van der Waals surface area contributed by atoms with E-state index in [1.54, 1.807) is 132 Å². The molecule has 0 atom stereocenters. The lowest BCUT2D eigenvalue weighted by molar-refractivity contribution is -0.119. The first kappa shape index (κ1) is 100. The molecule has 9 nitrogen and oxygen atoms in total. The van der Waals surface area contributed by atoms with Crippen LogP contribution in [0.2, 0.25) is 0 Å². The number of benzene rings is 10. The number of carbonyl (C=O) groups excluding carboxylic acids is 5. The first-order valence-corrected chi connectivity index (χ1v) is 43.4. The normalized spacial score (nSPS) is 11.3. The number of halogens is 6. The van der Waals surface area contributed by atoms with E-state index in [2.05, 4.69) is 172 Å². The molecule has 10 aromatic carbocycles. The Balaban J connectivity index is 0.000000428. The van der Waals surface area contributed by atoms with Crippen LogP contribution in [0.3, 0.4) is 0 Å². The molecule has 11 rings (SSSR count). The summed E-state index contributed by atoms with van der Waals surface area (Å²) in [4.78, 5) is 60.2. The molecule has 1 aliphatic carbocycles. The van der Waals surface area contributed by atoms with Gasteiger partial charge in [0.2, 0.25) is 15.7 Å². The lowest BCUT2D eigenvalue weighted by Crippen LogP contribution is -2.19. The molecule has 0 spiro atoms. The van der Waals surface area contributed by atoms with Gasteiger partial charge in [-0.1, -0.05) is 245 Å². The zero-order valence-electron chi connectivity index (χ0n) is 65.6. The molecule has 0 unspecified atom stereocenters. The lowest BCUT2D eigenvalue weighted by atomic mass is 9.87. The number of amides is 1. The second-order valence-corrected chi connectivity index (χ2v) is 37.8. The smallest absolute Gasteiger partial charge is 0.217 e. The fourth-order valence-corrected chi connectivity index (χ4v) is 14.5. The van der Waals surface area contributed by atoms with E-state index in [4.69, 9.17) is 5.73 Å². The third-order valence-corrected chi connectivity index (χ3v) is 23.9. The van der Waals surface area contributed by atoms with E-state index in [1.807, 2.05) is 160 Å². The second-order valence-electron chi connectivity index (χ2n) is 28.8. The van der Waals surface area contributed by atoms with Crippen molar-refractivity contribution in [3.8, 4) is 0 Å². The molecule has 3 N–H and O–H groups in total. The van der Waals surface area contributed by atoms with E-state index < -0.39 is 15.4 Å². The third-order valence-electron chi connectivity index (χ3n) is 15.5. The van der Waals surface area contributed by atoms with Crippen LogP contribution >= 0.6 is 128 Å². The minimum Gasteiger partial charge on any atom is -0.386 e. The molecule has 0 aliphatic heterocycles. The molecule has 1 amide bonds. The van der Waals surface area contributed by atoms with Gasteiger partial charge in [-0.15, -0.1) is 12.6 Å². The van der Waals surface area contributed by atoms with Crippen molar-refractivity contribution in [1.29, 1.82) is 0 Å². The molecular formula is C90H103Br5FNO8S5. The Morgan fingerprint density at radius 3 is 1.11 bits per heavy atom. The number of nitrogens with two attached hydrogens (primary N) is 1. The average Bonchev–Trinajstić information content (AvgIpc) is 1.01. The van der Waals surface area contributed by atoms with Crippen molar-refractivity contribution >= 4 is 167 Å². The molecular weight excluding hydrogens is 1800 g/mol. The molecule has 110 heavy (non-hydrogen) atoms. The average molecular weight is 1910 g/mol. The van der Waals surface area contributed by atoms with Crippen LogP contribution in [0.5, 0.6) is 0 Å². The number of primary amides is 1. The molecule has 588 valence electrons. The minimum atomic E-state index is -3.56. The number of rotatable bonds is 12. The summed E-state index contributed by atoms with van der Waals surface area (Å²) in [6.45, 7) is 31.0. The summed E-state index contributed by atoms with van der Waals surface area (Å²) in [5.41, 5.74) is 10.9. The summed E-state index contributed by atoms with van der Waals surface area (Å²) in [6.07, 6.45) is 5.11. The summed E-state index contributed by atoms with van der Waals surface area (Å²) >= 11 is 27.7. The highest BCUT2D eigenvalue weighted by molar-refractivity contribution is 9.11. The fraction of sp³-hybridized carbons (Fsp3) is 0.278. The number of carbonyl (C=O) groups is 5. The highest BCUT2D eigenvalue weighted by Crippen LogP contribution is 2.44. The fourth-order valence-electron chi connectivity index (χ4n) is 9.04. The Labute approximate surface area is 716 Å². The molecule has 1 aliphatic rings. The number of aryl methyl sites for hydroxylation is 1. The van der Waals surface area contributed by atoms with Crippen molar-refractivity contribution in [2.75, 3.05) is 6.26 Å². The Kier molecular flexibility index (Phi) is 45.1. The molecule has 0 bridgehead atoms. The first-order chi connectivity index (χ1) is 51.3. The van der Waals surface area contributed by atoms with Crippen molar-refractivity contribution in [2.45, 2.75) is 175 Å². The van der Waals surface area contributed by atoms with E-state index in [1.165, 1.54) is 58.0 Å². The Hall–Kier alpha value is -6.01. The van der Waals surface area contributed by atoms with Gasteiger partial charge < -0.3 is 10.8 Å². The van der Waals surface area contributed by atoms with Gasteiger partial charge in [0.05, 0.1) is 15.4 Å². The molecule has 0 saturated heterocycles. The molecule has 0 radical (unpaired) electrons. The van der Waals surface area contributed by atoms with Gasteiger partial charge in [-0.25, -0.2) is 12.8 Å². The zero-order valence-corrected chi connectivity index (χ0v) is 77.7. The van der Waals surface area contributed by atoms with Gasteiger partial charge >= 0.3 is 0 Å². The number of hydrogen-bond acceptors (Lipinski definition) is 12. The van der Waals surface area contributed by atoms with Crippen molar-refractivity contribution in [3.05, 3.63) is 310 Å². The van der Waals surface area contributed by atoms with Crippen LogP contribution < -0.4 is 5.73 Å². The van der Waals surface area contributed by atoms with Gasteiger partial charge in [0.1, 0.15) is 5.82 Å². The molecule has 0 aromatic heterocycles. The van der Waals surface area contributed by atoms with Crippen molar-refractivity contribution in [1.82, 2.24) is 0 Å². The summed E-state index contributed by atoms with van der Waals surface area (Å²) < 4.78 is 42.2. The number of Topliss-reactive ketones (excluding diaryl/α,β-unsaturated/α-hetero) is 4. The van der Waals surface area contributed by atoms with Crippen LogP contribution in [-0.4, -0.2) is 48.8 Å².